The number of nitrogens with two attached hydrogens (primary N) is 1. The van der Waals surface area contributed by atoms with E-state index in [1.165, 1.54) is 32.1 Å². The SMILES string of the molecule is COc1ncnc(N2CCCC3CCCC32)c1N. The fourth-order valence-electron chi connectivity index (χ4n) is 3.48. The number of nitrogen functional groups attached to an aromatic ring is 1. The summed E-state index contributed by atoms with van der Waals surface area (Å²) in [7, 11) is 1.59. The first-order valence-electron chi connectivity index (χ1n) is 6.72. The molecule has 5 heteroatoms. The van der Waals surface area contributed by atoms with Gasteiger partial charge in [0.15, 0.2) is 5.82 Å². The lowest BCUT2D eigenvalue weighted by Gasteiger charge is -2.39. The second kappa shape index (κ2) is 4.63. The van der Waals surface area contributed by atoms with Gasteiger partial charge in [-0.1, -0.05) is 6.42 Å². The van der Waals surface area contributed by atoms with Crippen molar-refractivity contribution in [2.24, 2.45) is 5.92 Å². The third-order valence-corrected chi connectivity index (χ3v) is 4.28. The Morgan fingerprint density at radius 3 is 2.94 bits per heavy atom. The Morgan fingerprint density at radius 2 is 2.11 bits per heavy atom. The van der Waals surface area contributed by atoms with Crippen LogP contribution in [0, 0.1) is 5.92 Å². The van der Waals surface area contributed by atoms with Gasteiger partial charge < -0.3 is 15.4 Å². The summed E-state index contributed by atoms with van der Waals surface area (Å²) in [4.78, 5) is 10.8. The lowest BCUT2D eigenvalue weighted by molar-refractivity contribution is 0.359. The van der Waals surface area contributed by atoms with Crippen molar-refractivity contribution in [2.45, 2.75) is 38.1 Å². The number of hydrogen-bond acceptors (Lipinski definition) is 5. The van der Waals surface area contributed by atoms with Crippen molar-refractivity contribution in [3.8, 4) is 5.88 Å². The lowest BCUT2D eigenvalue weighted by atomic mass is 9.92. The molecular weight excluding hydrogens is 228 g/mol. The first kappa shape index (κ1) is 11.6. The van der Waals surface area contributed by atoms with Crippen molar-refractivity contribution < 1.29 is 4.74 Å². The summed E-state index contributed by atoms with van der Waals surface area (Å²) >= 11 is 0. The van der Waals surface area contributed by atoms with Crippen molar-refractivity contribution >= 4 is 11.5 Å². The Hall–Kier alpha value is -1.52. The van der Waals surface area contributed by atoms with Crippen LogP contribution in [0.3, 0.4) is 0 Å². The highest BCUT2D eigenvalue weighted by Gasteiger charge is 2.36. The second-order valence-corrected chi connectivity index (χ2v) is 5.21. The number of hydrogen-bond donors (Lipinski definition) is 1. The highest BCUT2D eigenvalue weighted by molar-refractivity contribution is 5.68. The Morgan fingerprint density at radius 1 is 1.28 bits per heavy atom. The van der Waals surface area contributed by atoms with E-state index in [0.717, 1.165) is 18.3 Å². The van der Waals surface area contributed by atoms with E-state index in [1.807, 2.05) is 0 Å². The summed E-state index contributed by atoms with van der Waals surface area (Å²) in [5.41, 5.74) is 6.69. The van der Waals surface area contributed by atoms with Crippen molar-refractivity contribution in [3.05, 3.63) is 6.33 Å². The summed E-state index contributed by atoms with van der Waals surface area (Å²) in [6.45, 7) is 1.05. The summed E-state index contributed by atoms with van der Waals surface area (Å²) in [5.74, 6) is 2.16. The third-order valence-electron chi connectivity index (χ3n) is 4.28. The van der Waals surface area contributed by atoms with Crippen molar-refractivity contribution in [1.82, 2.24) is 9.97 Å². The molecular formula is C13H20N4O. The molecule has 1 aliphatic carbocycles. The summed E-state index contributed by atoms with van der Waals surface area (Å²) < 4.78 is 5.19. The number of ether oxygens (including phenoxy) is 1. The van der Waals surface area contributed by atoms with E-state index in [2.05, 4.69) is 14.9 Å². The third kappa shape index (κ3) is 1.78. The fourth-order valence-corrected chi connectivity index (χ4v) is 3.48. The number of nitrogens with zero attached hydrogens (tertiary/aromatic N) is 3. The number of rotatable bonds is 2. The largest absolute Gasteiger partial charge is 0.479 e. The summed E-state index contributed by atoms with van der Waals surface area (Å²) in [5, 5.41) is 0. The molecule has 1 aromatic rings. The maximum atomic E-state index is 6.12. The maximum absolute atomic E-state index is 6.12. The molecule has 98 valence electrons. The van der Waals surface area contributed by atoms with Crippen LogP contribution in [0.5, 0.6) is 5.88 Å². The molecule has 1 aromatic heterocycles. The molecule has 1 aliphatic heterocycles. The van der Waals surface area contributed by atoms with Gasteiger partial charge in [-0.05, 0) is 31.6 Å². The minimum absolute atomic E-state index is 0.486. The topological polar surface area (TPSA) is 64.3 Å². The Kier molecular flexibility index (Phi) is 2.97. The average molecular weight is 248 g/mol. The van der Waals surface area contributed by atoms with E-state index in [1.54, 1.807) is 13.4 Å². The number of aromatic nitrogens is 2. The van der Waals surface area contributed by atoms with Crippen LogP contribution in [-0.2, 0) is 0 Å². The minimum atomic E-state index is 0.486. The van der Waals surface area contributed by atoms with Gasteiger partial charge >= 0.3 is 0 Å². The number of piperidine rings is 1. The fraction of sp³-hybridized carbons (Fsp3) is 0.692. The molecule has 18 heavy (non-hydrogen) atoms. The highest BCUT2D eigenvalue weighted by Crippen LogP contribution is 2.40. The second-order valence-electron chi connectivity index (χ2n) is 5.21. The predicted octanol–water partition coefficient (Wildman–Crippen LogP) is 1.84. The molecule has 0 bridgehead atoms. The van der Waals surface area contributed by atoms with Gasteiger partial charge in [0.05, 0.1) is 7.11 Å². The molecule has 3 rings (SSSR count). The molecule has 0 aromatic carbocycles. The van der Waals surface area contributed by atoms with Gasteiger partial charge in [-0.2, -0.15) is 4.98 Å². The van der Waals surface area contributed by atoms with Crippen LogP contribution in [0.1, 0.15) is 32.1 Å². The molecule has 2 unspecified atom stereocenters. The van der Waals surface area contributed by atoms with Gasteiger partial charge in [-0.15, -0.1) is 0 Å². The molecule has 0 spiro atoms. The summed E-state index contributed by atoms with van der Waals surface area (Å²) in [6.07, 6.45) is 8.06. The standard InChI is InChI=1S/C13H20N4O/c1-18-13-11(14)12(15-8-16-13)17-7-3-5-9-4-2-6-10(9)17/h8-10H,2-7,14H2,1H3. The quantitative estimate of drug-likeness (QED) is 0.865. The van der Waals surface area contributed by atoms with E-state index in [4.69, 9.17) is 10.5 Å². The molecule has 2 atom stereocenters. The van der Waals surface area contributed by atoms with E-state index >= 15 is 0 Å². The number of methoxy groups -OCH3 is 1. The van der Waals surface area contributed by atoms with Gasteiger partial charge in [0.1, 0.15) is 12.0 Å². The van der Waals surface area contributed by atoms with Crippen LogP contribution in [-0.4, -0.2) is 29.7 Å². The first-order chi connectivity index (χ1) is 8.81. The van der Waals surface area contributed by atoms with Crippen LogP contribution >= 0.6 is 0 Å². The van der Waals surface area contributed by atoms with Crippen molar-refractivity contribution in [1.29, 1.82) is 0 Å². The first-order valence-corrected chi connectivity index (χ1v) is 6.72. The molecule has 0 amide bonds. The number of fused-ring (bicyclic) bond motifs is 1. The lowest BCUT2D eigenvalue weighted by Crippen LogP contribution is -2.43. The highest BCUT2D eigenvalue weighted by atomic mass is 16.5. The molecule has 2 heterocycles. The van der Waals surface area contributed by atoms with Gasteiger partial charge in [-0.25, -0.2) is 4.98 Å². The molecule has 0 radical (unpaired) electrons. The average Bonchev–Trinajstić information content (AvgIpc) is 2.87. The van der Waals surface area contributed by atoms with Crippen LogP contribution in [0.2, 0.25) is 0 Å². The normalized spacial score (nSPS) is 27.1. The Bertz CT molecular complexity index is 437. The zero-order valence-electron chi connectivity index (χ0n) is 10.8. The van der Waals surface area contributed by atoms with Gasteiger partial charge in [-0.3, -0.25) is 0 Å². The van der Waals surface area contributed by atoms with E-state index in [-0.39, 0.29) is 0 Å². The van der Waals surface area contributed by atoms with E-state index in [9.17, 15) is 0 Å². The van der Waals surface area contributed by atoms with E-state index in [0.29, 0.717) is 17.6 Å². The molecule has 2 fully saturated rings. The van der Waals surface area contributed by atoms with Crippen LogP contribution in [0.15, 0.2) is 6.33 Å². The Balaban J connectivity index is 1.93. The van der Waals surface area contributed by atoms with Crippen LogP contribution in [0.25, 0.3) is 0 Å². The monoisotopic (exact) mass is 248 g/mol. The van der Waals surface area contributed by atoms with Crippen molar-refractivity contribution in [3.63, 3.8) is 0 Å². The number of anilines is 2. The Labute approximate surface area is 107 Å². The van der Waals surface area contributed by atoms with Crippen LogP contribution in [0.4, 0.5) is 11.5 Å². The smallest absolute Gasteiger partial charge is 0.242 e. The van der Waals surface area contributed by atoms with Gasteiger partial charge in [0.2, 0.25) is 5.88 Å². The predicted molar refractivity (Wildman–Crippen MR) is 70.7 cm³/mol. The molecule has 5 nitrogen and oxygen atoms in total. The summed E-state index contributed by atoms with van der Waals surface area (Å²) in [6, 6.07) is 0.612. The zero-order valence-corrected chi connectivity index (χ0v) is 10.8. The van der Waals surface area contributed by atoms with Crippen LogP contribution < -0.4 is 15.4 Å². The zero-order chi connectivity index (χ0) is 12.5. The van der Waals surface area contributed by atoms with E-state index < -0.39 is 0 Å². The van der Waals surface area contributed by atoms with Gasteiger partial charge in [0, 0.05) is 12.6 Å². The maximum Gasteiger partial charge on any atom is 0.242 e. The molecule has 2 N–H and O–H groups in total. The minimum Gasteiger partial charge on any atom is -0.479 e. The molecule has 1 saturated carbocycles. The molecule has 2 aliphatic rings. The van der Waals surface area contributed by atoms with Crippen molar-refractivity contribution in [2.75, 3.05) is 24.3 Å². The molecule has 1 saturated heterocycles. The van der Waals surface area contributed by atoms with Gasteiger partial charge in [0.25, 0.3) is 0 Å².